The van der Waals surface area contributed by atoms with E-state index in [2.05, 4.69) is 30.2 Å². The van der Waals surface area contributed by atoms with Crippen LogP contribution in [0.15, 0.2) is 60.3 Å². The highest BCUT2D eigenvalue weighted by Crippen LogP contribution is 2.38. The van der Waals surface area contributed by atoms with Crippen LogP contribution in [0.25, 0.3) is 22.0 Å². The number of fused-ring (bicyclic) bond motifs is 1. The minimum absolute atomic E-state index is 0.341. The Kier molecular flexibility index (Phi) is 5.40. The summed E-state index contributed by atoms with van der Waals surface area (Å²) in [6.07, 6.45) is 7.02. The fraction of sp³-hybridized carbons (Fsp3) is 0.231. The predicted molar refractivity (Wildman–Crippen MR) is 122 cm³/mol. The van der Waals surface area contributed by atoms with Gasteiger partial charge in [0.15, 0.2) is 0 Å². The number of carbonyl (C=O) groups excluding carboxylic acids is 2. The number of benzene rings is 2. The smallest absolute Gasteiger partial charge is 0.259 e. The average molecular weight is 399 g/mol. The largest absolute Gasteiger partial charge is 0.361 e. The second kappa shape index (κ2) is 8.15. The molecule has 4 rings (SSSR count). The van der Waals surface area contributed by atoms with Gasteiger partial charge in [0.05, 0.1) is 11.1 Å². The Morgan fingerprint density at radius 2 is 1.83 bits per heavy atom. The molecule has 2 heterocycles. The van der Waals surface area contributed by atoms with Crippen molar-refractivity contribution in [3.05, 3.63) is 82.6 Å². The van der Waals surface area contributed by atoms with Crippen LogP contribution < -0.4 is 5.32 Å². The summed E-state index contributed by atoms with van der Waals surface area (Å²) in [5, 5.41) is 3.45. The molecule has 0 radical (unpaired) electrons. The molecule has 2 amide bonds. The summed E-state index contributed by atoms with van der Waals surface area (Å²) in [6, 6.07) is 14.0. The zero-order valence-electron chi connectivity index (χ0n) is 17.6. The quantitative estimate of drug-likeness (QED) is 0.551. The lowest BCUT2D eigenvalue weighted by molar-refractivity contribution is -0.123. The highest BCUT2D eigenvalue weighted by molar-refractivity contribution is 6.41. The molecular formula is C26H26N2O2. The number of amides is 2. The third-order valence-corrected chi connectivity index (χ3v) is 5.88. The first-order valence-electron chi connectivity index (χ1n) is 10.5. The topological polar surface area (TPSA) is 62.0 Å². The number of aromatic nitrogens is 1. The Bertz CT molecular complexity index is 1210. The van der Waals surface area contributed by atoms with E-state index in [9.17, 15) is 9.59 Å². The molecule has 0 atom stereocenters. The van der Waals surface area contributed by atoms with Crippen LogP contribution >= 0.6 is 0 Å². The van der Waals surface area contributed by atoms with Crippen molar-refractivity contribution in [2.75, 3.05) is 0 Å². The lowest BCUT2D eigenvalue weighted by Crippen LogP contribution is -2.23. The van der Waals surface area contributed by atoms with Gasteiger partial charge in [-0.05, 0) is 55.0 Å². The Morgan fingerprint density at radius 1 is 1.03 bits per heavy atom. The molecule has 3 aromatic rings. The fourth-order valence-corrected chi connectivity index (χ4v) is 4.30. The van der Waals surface area contributed by atoms with Gasteiger partial charge < -0.3 is 4.98 Å². The van der Waals surface area contributed by atoms with Crippen molar-refractivity contribution < 1.29 is 9.59 Å². The maximum Gasteiger partial charge on any atom is 0.259 e. The molecule has 152 valence electrons. The number of aryl methyl sites for hydroxylation is 1. The average Bonchev–Trinajstić information content (AvgIpc) is 3.29. The lowest BCUT2D eigenvalue weighted by Gasteiger charge is -2.15. The molecule has 1 aliphatic rings. The molecule has 0 unspecified atom stereocenters. The molecule has 1 aromatic heterocycles. The minimum atomic E-state index is -0.348. The minimum Gasteiger partial charge on any atom is -0.361 e. The second-order valence-electron chi connectivity index (χ2n) is 7.68. The van der Waals surface area contributed by atoms with Crippen LogP contribution in [-0.2, 0) is 16.0 Å². The van der Waals surface area contributed by atoms with E-state index >= 15 is 0 Å². The summed E-state index contributed by atoms with van der Waals surface area (Å²) in [5.74, 6) is -0.689. The number of rotatable bonds is 6. The maximum absolute atomic E-state index is 12.9. The van der Waals surface area contributed by atoms with Gasteiger partial charge in [-0.3, -0.25) is 14.9 Å². The molecule has 1 aliphatic heterocycles. The van der Waals surface area contributed by atoms with E-state index < -0.39 is 0 Å². The van der Waals surface area contributed by atoms with Gasteiger partial charge in [0.1, 0.15) is 0 Å². The molecule has 0 saturated heterocycles. The van der Waals surface area contributed by atoms with Gasteiger partial charge in [-0.15, -0.1) is 0 Å². The first kappa shape index (κ1) is 19.9. The van der Waals surface area contributed by atoms with Gasteiger partial charge >= 0.3 is 0 Å². The number of imide groups is 1. The van der Waals surface area contributed by atoms with E-state index in [4.69, 9.17) is 0 Å². The van der Waals surface area contributed by atoms with Crippen LogP contribution in [0.5, 0.6) is 0 Å². The van der Waals surface area contributed by atoms with E-state index in [0.717, 1.165) is 52.4 Å². The second-order valence-corrected chi connectivity index (χ2v) is 7.68. The Balaban J connectivity index is 1.91. The Labute approximate surface area is 176 Å². The molecule has 2 N–H and O–H groups in total. The third-order valence-electron chi connectivity index (χ3n) is 5.88. The van der Waals surface area contributed by atoms with Gasteiger partial charge in [-0.1, -0.05) is 55.8 Å². The molecule has 0 fully saturated rings. The van der Waals surface area contributed by atoms with Crippen LogP contribution in [0, 0.1) is 6.92 Å². The molecular weight excluding hydrogens is 372 g/mol. The highest BCUT2D eigenvalue weighted by Gasteiger charge is 2.35. The van der Waals surface area contributed by atoms with Crippen LogP contribution in [0.3, 0.4) is 0 Å². The van der Waals surface area contributed by atoms with E-state index in [0.29, 0.717) is 11.1 Å². The first-order valence-corrected chi connectivity index (χ1v) is 10.5. The van der Waals surface area contributed by atoms with Gasteiger partial charge in [-0.2, -0.15) is 0 Å². The summed E-state index contributed by atoms with van der Waals surface area (Å²) in [7, 11) is 0. The first-order chi connectivity index (χ1) is 14.6. The SMILES string of the molecule is C/C=C(/C1=C(c2c[nH]c3ccccc23)C(=O)NC1=O)c1cccc(CCCC)c1C. The predicted octanol–water partition coefficient (Wildman–Crippen LogP) is 5.33. The Hall–Kier alpha value is -3.40. The number of para-hydroxylation sites is 1. The van der Waals surface area contributed by atoms with Gasteiger partial charge in [0.2, 0.25) is 0 Å². The van der Waals surface area contributed by atoms with Crippen LogP contribution in [0.2, 0.25) is 0 Å². The summed E-state index contributed by atoms with van der Waals surface area (Å²) < 4.78 is 0. The molecule has 0 spiro atoms. The molecule has 0 bridgehead atoms. The summed E-state index contributed by atoms with van der Waals surface area (Å²) in [5.41, 5.74) is 6.82. The number of aromatic amines is 1. The van der Waals surface area contributed by atoms with E-state index in [1.165, 1.54) is 5.56 Å². The standard InChI is InChI=1S/C26H26N2O2/c1-4-6-10-17-11-9-13-19(16(17)3)18(5-2)23-24(26(30)28-25(23)29)21-15-27-22-14-8-7-12-20(21)22/h5,7-9,11-15,27H,4,6,10H2,1-3H3,(H,28,29,30)/b18-5+. The van der Waals surface area contributed by atoms with Gasteiger partial charge in [0.25, 0.3) is 11.8 Å². The van der Waals surface area contributed by atoms with Crippen molar-refractivity contribution in [2.24, 2.45) is 0 Å². The summed E-state index contributed by atoms with van der Waals surface area (Å²) in [4.78, 5) is 29.0. The molecule has 0 aliphatic carbocycles. The van der Waals surface area contributed by atoms with E-state index in [1.54, 1.807) is 0 Å². The molecule has 4 heteroatoms. The van der Waals surface area contributed by atoms with E-state index in [-0.39, 0.29) is 11.8 Å². The maximum atomic E-state index is 12.9. The number of allylic oxidation sites excluding steroid dienone is 1. The number of hydrogen-bond donors (Lipinski definition) is 2. The van der Waals surface area contributed by atoms with Gasteiger partial charge in [0, 0.05) is 22.7 Å². The fourth-order valence-electron chi connectivity index (χ4n) is 4.30. The summed E-state index contributed by atoms with van der Waals surface area (Å²) >= 11 is 0. The monoisotopic (exact) mass is 398 g/mol. The zero-order chi connectivity index (χ0) is 21.3. The Morgan fingerprint density at radius 3 is 2.60 bits per heavy atom. The van der Waals surface area contributed by atoms with Crippen molar-refractivity contribution in [3.8, 4) is 0 Å². The molecule has 2 aromatic carbocycles. The number of hydrogen-bond acceptors (Lipinski definition) is 2. The zero-order valence-corrected chi connectivity index (χ0v) is 17.6. The number of carbonyl (C=O) groups is 2. The van der Waals surface area contributed by atoms with Crippen molar-refractivity contribution in [2.45, 2.75) is 40.0 Å². The van der Waals surface area contributed by atoms with Crippen molar-refractivity contribution >= 4 is 33.9 Å². The highest BCUT2D eigenvalue weighted by atomic mass is 16.2. The van der Waals surface area contributed by atoms with Gasteiger partial charge in [-0.25, -0.2) is 0 Å². The summed E-state index contributed by atoms with van der Waals surface area (Å²) in [6.45, 7) is 6.21. The molecule has 30 heavy (non-hydrogen) atoms. The lowest BCUT2D eigenvalue weighted by atomic mass is 9.87. The third kappa shape index (κ3) is 3.28. The van der Waals surface area contributed by atoms with E-state index in [1.807, 2.05) is 55.6 Å². The van der Waals surface area contributed by atoms with Crippen LogP contribution in [0.1, 0.15) is 48.9 Å². The molecule has 0 saturated carbocycles. The van der Waals surface area contributed by atoms with Crippen LogP contribution in [-0.4, -0.2) is 16.8 Å². The normalized spacial score (nSPS) is 14.7. The van der Waals surface area contributed by atoms with Crippen molar-refractivity contribution in [1.82, 2.24) is 10.3 Å². The molecule has 4 nitrogen and oxygen atoms in total. The number of unbranched alkanes of at least 4 members (excludes halogenated alkanes) is 1. The van der Waals surface area contributed by atoms with Crippen molar-refractivity contribution in [3.63, 3.8) is 0 Å². The van der Waals surface area contributed by atoms with Crippen molar-refractivity contribution in [1.29, 1.82) is 0 Å². The number of H-pyrrole nitrogens is 1. The number of nitrogens with one attached hydrogen (secondary N) is 2. The van der Waals surface area contributed by atoms with Crippen LogP contribution in [0.4, 0.5) is 0 Å².